The number of hydrogen-bond donors (Lipinski definition) is 3. The Bertz CT molecular complexity index is 1010. The van der Waals surface area contributed by atoms with E-state index in [1.54, 1.807) is 42.5 Å². The number of carboxylic acids is 1. The van der Waals surface area contributed by atoms with E-state index in [9.17, 15) is 28.2 Å². The van der Waals surface area contributed by atoms with Gasteiger partial charge in [0.05, 0.1) is 11.0 Å². The Kier molecular flexibility index (Phi) is 6.55. The predicted octanol–water partition coefficient (Wildman–Crippen LogP) is 0.931. The second-order valence-electron chi connectivity index (χ2n) is 7.38. The molecule has 2 aromatic rings. The lowest BCUT2D eigenvalue weighted by molar-refractivity contribution is -0.142. The molecule has 0 radical (unpaired) electrons. The van der Waals surface area contributed by atoms with Gasteiger partial charge in [-0.3, -0.25) is 4.79 Å². The fourth-order valence-electron chi connectivity index (χ4n) is 3.45. The van der Waals surface area contributed by atoms with Gasteiger partial charge in [-0.05, 0) is 24.6 Å². The molecule has 30 heavy (non-hydrogen) atoms. The summed E-state index contributed by atoms with van der Waals surface area (Å²) in [5.41, 5.74) is 1.61. The first-order chi connectivity index (χ1) is 14.2. The number of carboxylic acid groups (broad SMARTS) is 1. The summed E-state index contributed by atoms with van der Waals surface area (Å²) in [5, 5.41) is 22.0. The number of nitrogens with zero attached hydrogens (tertiary/aromatic N) is 1. The van der Waals surface area contributed by atoms with Crippen LogP contribution in [0.2, 0.25) is 0 Å². The van der Waals surface area contributed by atoms with Gasteiger partial charge in [0.15, 0.2) is 0 Å². The van der Waals surface area contributed by atoms with Crippen LogP contribution in [0.5, 0.6) is 0 Å². The number of hydrogen-bond acceptors (Lipinski definition) is 5. The minimum atomic E-state index is -4.03. The Labute approximate surface area is 175 Å². The summed E-state index contributed by atoms with van der Waals surface area (Å²) in [7, 11) is -4.03. The second kappa shape index (κ2) is 8.95. The third kappa shape index (κ3) is 4.86. The van der Waals surface area contributed by atoms with E-state index >= 15 is 0 Å². The van der Waals surface area contributed by atoms with E-state index in [2.05, 4.69) is 5.32 Å². The predicted molar refractivity (Wildman–Crippen MR) is 109 cm³/mol. The van der Waals surface area contributed by atoms with Gasteiger partial charge in [0.25, 0.3) is 0 Å². The molecule has 160 valence electrons. The average Bonchev–Trinajstić information content (AvgIpc) is 3.11. The Balaban J connectivity index is 1.80. The zero-order valence-corrected chi connectivity index (χ0v) is 17.2. The van der Waals surface area contributed by atoms with Crippen LogP contribution in [-0.4, -0.2) is 59.5 Å². The fraction of sp³-hybridized carbons (Fsp3) is 0.333. The summed E-state index contributed by atoms with van der Waals surface area (Å²) in [6.07, 6.45) is -1.06. The molecule has 1 aliphatic rings. The standard InChI is InChI=1S/C21H24N2O6S/c1-14-7-9-17(10-8-14)30(28,29)23-13-16(24)12-19(23)20(25)22-18(21(26)27)11-15-5-3-2-4-6-15/h2-10,16,18-19,24H,11-13H2,1H3,(H,22,25)(H,26,27)/t16?,18-,19-/m0/s1. The number of carbonyl (C=O) groups excluding carboxylic acids is 1. The number of aliphatic hydroxyl groups is 1. The largest absolute Gasteiger partial charge is 0.480 e. The molecule has 0 spiro atoms. The lowest BCUT2D eigenvalue weighted by Crippen LogP contribution is -2.51. The van der Waals surface area contributed by atoms with Gasteiger partial charge in [-0.25, -0.2) is 13.2 Å². The molecular weight excluding hydrogens is 408 g/mol. The highest BCUT2D eigenvalue weighted by molar-refractivity contribution is 7.89. The number of nitrogens with one attached hydrogen (secondary N) is 1. The summed E-state index contributed by atoms with van der Waals surface area (Å²) in [4.78, 5) is 24.5. The van der Waals surface area contributed by atoms with E-state index in [1.807, 2.05) is 6.92 Å². The highest BCUT2D eigenvalue weighted by atomic mass is 32.2. The van der Waals surface area contributed by atoms with Crippen molar-refractivity contribution < 1.29 is 28.2 Å². The van der Waals surface area contributed by atoms with Crippen molar-refractivity contribution in [2.75, 3.05) is 6.54 Å². The van der Waals surface area contributed by atoms with Gasteiger partial charge < -0.3 is 15.5 Å². The Morgan fingerprint density at radius 1 is 1.13 bits per heavy atom. The molecule has 0 aliphatic carbocycles. The van der Waals surface area contributed by atoms with Crippen molar-refractivity contribution in [1.29, 1.82) is 0 Å². The number of aryl methyl sites for hydroxylation is 1. The third-order valence-corrected chi connectivity index (χ3v) is 6.95. The molecule has 0 aromatic heterocycles. The minimum Gasteiger partial charge on any atom is -0.480 e. The monoisotopic (exact) mass is 432 g/mol. The number of aliphatic hydroxyl groups excluding tert-OH is 1. The van der Waals surface area contributed by atoms with Crippen LogP contribution in [0.15, 0.2) is 59.5 Å². The van der Waals surface area contributed by atoms with Crippen LogP contribution in [0, 0.1) is 6.92 Å². The van der Waals surface area contributed by atoms with E-state index < -0.39 is 40.1 Å². The third-order valence-electron chi connectivity index (χ3n) is 5.06. The molecule has 1 aliphatic heterocycles. The van der Waals surface area contributed by atoms with Crippen molar-refractivity contribution in [1.82, 2.24) is 9.62 Å². The Morgan fingerprint density at radius 2 is 1.77 bits per heavy atom. The molecule has 1 fully saturated rings. The summed E-state index contributed by atoms with van der Waals surface area (Å²) >= 11 is 0. The van der Waals surface area contributed by atoms with Gasteiger partial charge in [-0.15, -0.1) is 0 Å². The fourth-order valence-corrected chi connectivity index (χ4v) is 5.09. The molecule has 1 unspecified atom stereocenters. The first-order valence-corrected chi connectivity index (χ1v) is 11.0. The van der Waals surface area contributed by atoms with Crippen LogP contribution in [0.3, 0.4) is 0 Å². The van der Waals surface area contributed by atoms with Crippen molar-refractivity contribution in [3.05, 3.63) is 65.7 Å². The van der Waals surface area contributed by atoms with Crippen LogP contribution in [0.25, 0.3) is 0 Å². The summed E-state index contributed by atoms with van der Waals surface area (Å²) in [6.45, 7) is 1.59. The zero-order valence-electron chi connectivity index (χ0n) is 16.4. The Hall–Kier alpha value is -2.75. The maximum absolute atomic E-state index is 13.0. The number of β-amino-alcohol motifs (C(OH)–C–C–N with tert-alkyl or cyclic N) is 1. The van der Waals surface area contributed by atoms with Crippen LogP contribution >= 0.6 is 0 Å². The molecule has 3 atom stereocenters. The first kappa shape index (κ1) is 21.9. The first-order valence-electron chi connectivity index (χ1n) is 9.52. The van der Waals surface area contributed by atoms with E-state index in [-0.39, 0.29) is 24.3 Å². The quantitative estimate of drug-likeness (QED) is 0.598. The van der Waals surface area contributed by atoms with Gasteiger partial charge in [0, 0.05) is 19.4 Å². The van der Waals surface area contributed by atoms with Crippen molar-refractivity contribution in [3.63, 3.8) is 0 Å². The summed E-state index contributed by atoms with van der Waals surface area (Å²) in [5.74, 6) is -1.97. The lowest BCUT2D eigenvalue weighted by Gasteiger charge is -2.25. The molecule has 0 bridgehead atoms. The molecule has 0 saturated carbocycles. The number of sulfonamides is 1. The van der Waals surface area contributed by atoms with Crippen molar-refractivity contribution in [2.24, 2.45) is 0 Å². The molecule has 3 N–H and O–H groups in total. The van der Waals surface area contributed by atoms with E-state index in [4.69, 9.17) is 0 Å². The molecule has 1 amide bonds. The maximum atomic E-state index is 13.0. The normalized spacial score (nSPS) is 20.6. The zero-order chi connectivity index (χ0) is 21.9. The summed E-state index contributed by atoms with van der Waals surface area (Å²) in [6, 6.07) is 12.6. The van der Waals surface area contributed by atoms with Crippen LogP contribution in [0.4, 0.5) is 0 Å². The smallest absolute Gasteiger partial charge is 0.326 e. The van der Waals surface area contributed by atoms with Gasteiger partial charge in [-0.2, -0.15) is 4.31 Å². The van der Waals surface area contributed by atoms with Gasteiger partial charge in [0.2, 0.25) is 15.9 Å². The number of benzene rings is 2. The number of carbonyl (C=O) groups is 2. The summed E-state index contributed by atoms with van der Waals surface area (Å²) < 4.78 is 27.0. The molecule has 2 aromatic carbocycles. The molecule has 1 heterocycles. The van der Waals surface area contributed by atoms with Crippen LogP contribution in [-0.2, 0) is 26.0 Å². The van der Waals surface area contributed by atoms with Crippen molar-refractivity contribution in [2.45, 2.75) is 42.8 Å². The molecule has 3 rings (SSSR count). The second-order valence-corrected chi connectivity index (χ2v) is 9.27. The van der Waals surface area contributed by atoms with Gasteiger partial charge in [-0.1, -0.05) is 48.0 Å². The van der Waals surface area contributed by atoms with Crippen molar-refractivity contribution in [3.8, 4) is 0 Å². The molecule has 9 heteroatoms. The topological polar surface area (TPSA) is 124 Å². The van der Waals surface area contributed by atoms with Crippen LogP contribution in [0.1, 0.15) is 17.5 Å². The van der Waals surface area contributed by atoms with Gasteiger partial charge >= 0.3 is 5.97 Å². The SMILES string of the molecule is Cc1ccc(S(=O)(=O)N2CC(O)C[C@H]2C(=O)N[C@@H](Cc2ccccc2)C(=O)O)cc1. The average molecular weight is 432 g/mol. The number of amides is 1. The molecular formula is C21H24N2O6S. The molecule has 8 nitrogen and oxygen atoms in total. The van der Waals surface area contributed by atoms with E-state index in [1.165, 1.54) is 12.1 Å². The van der Waals surface area contributed by atoms with E-state index in [0.29, 0.717) is 0 Å². The number of rotatable bonds is 7. The maximum Gasteiger partial charge on any atom is 0.326 e. The van der Waals surface area contributed by atoms with Crippen LogP contribution < -0.4 is 5.32 Å². The Morgan fingerprint density at radius 3 is 2.37 bits per heavy atom. The van der Waals surface area contributed by atoms with E-state index in [0.717, 1.165) is 15.4 Å². The lowest BCUT2D eigenvalue weighted by atomic mass is 10.1. The van der Waals surface area contributed by atoms with Crippen molar-refractivity contribution >= 4 is 21.9 Å². The van der Waals surface area contributed by atoms with Gasteiger partial charge in [0.1, 0.15) is 12.1 Å². The molecule has 1 saturated heterocycles. The highest BCUT2D eigenvalue weighted by Crippen LogP contribution is 2.27. The highest BCUT2D eigenvalue weighted by Gasteiger charge is 2.44. The number of aliphatic carboxylic acids is 1. The minimum absolute atomic E-state index is 0.0130.